The Morgan fingerprint density at radius 2 is 1.05 bits per heavy atom. The van der Waals surface area contributed by atoms with Crippen molar-refractivity contribution in [3.8, 4) is 67.3 Å². The van der Waals surface area contributed by atoms with Crippen molar-refractivity contribution in [2.45, 2.75) is 9.79 Å². The van der Waals surface area contributed by atoms with Gasteiger partial charge in [-0.05, 0) is 79.5 Å². The van der Waals surface area contributed by atoms with Crippen LogP contribution in [0.4, 0.5) is 0 Å². The largest absolute Gasteiger partial charge is 0.264 e. The smallest absolute Gasteiger partial charge is 0.160 e. The number of benzene rings is 7. The minimum Gasteiger partial charge on any atom is -0.264 e. The molecule has 0 N–H and O–H groups in total. The van der Waals surface area contributed by atoms with E-state index in [4.69, 9.17) is 9.97 Å². The first-order valence-electron chi connectivity index (χ1n) is 18.4. The lowest BCUT2D eigenvalue weighted by atomic mass is 9.93. The molecule has 1 aliphatic rings. The summed E-state index contributed by atoms with van der Waals surface area (Å²) in [5, 5.41) is 2.44. The lowest BCUT2D eigenvalue weighted by Gasteiger charge is -2.17. The SMILES string of the molecule is C1=C\c2ccc(-c3nc(-c4ccccc4)cc(-c4ccc(-c5cccnc5)cc4)n3)cc2-c2ccc3ccccc3c2Sc2ccccc2-c2ccccc2/1. The van der Waals surface area contributed by atoms with Gasteiger partial charge in [-0.1, -0.05) is 176 Å². The quantitative estimate of drug-likeness (QED) is 0.182. The Kier molecular flexibility index (Phi) is 8.43. The van der Waals surface area contributed by atoms with Gasteiger partial charge in [0.05, 0.1) is 11.4 Å². The lowest BCUT2D eigenvalue weighted by molar-refractivity contribution is 1.18. The van der Waals surface area contributed by atoms with Crippen molar-refractivity contribution in [1.29, 1.82) is 0 Å². The van der Waals surface area contributed by atoms with Gasteiger partial charge in [0.15, 0.2) is 5.82 Å². The molecular formula is C51H33N3S. The van der Waals surface area contributed by atoms with Crippen LogP contribution in [0.25, 0.3) is 90.2 Å². The fraction of sp³-hybridized carbons (Fsp3) is 0. The molecule has 258 valence electrons. The molecule has 3 heterocycles. The van der Waals surface area contributed by atoms with Gasteiger partial charge in [0.25, 0.3) is 0 Å². The maximum absolute atomic E-state index is 5.26. The van der Waals surface area contributed by atoms with Gasteiger partial charge in [-0.2, -0.15) is 0 Å². The van der Waals surface area contributed by atoms with E-state index >= 15 is 0 Å². The Morgan fingerprint density at radius 3 is 1.87 bits per heavy atom. The van der Waals surface area contributed by atoms with E-state index in [2.05, 4.69) is 181 Å². The third-order valence-corrected chi connectivity index (χ3v) is 11.5. The summed E-state index contributed by atoms with van der Waals surface area (Å²) in [6, 6.07) is 62.4. The molecule has 0 radical (unpaired) electrons. The predicted molar refractivity (Wildman–Crippen MR) is 229 cm³/mol. The van der Waals surface area contributed by atoms with E-state index in [1.54, 1.807) is 6.20 Å². The molecule has 0 unspecified atom stereocenters. The Balaban J connectivity index is 1.18. The first kappa shape index (κ1) is 32.7. The van der Waals surface area contributed by atoms with Gasteiger partial charge < -0.3 is 0 Å². The average Bonchev–Trinajstić information content (AvgIpc) is 3.28. The lowest BCUT2D eigenvalue weighted by Crippen LogP contribution is -1.97. The highest BCUT2D eigenvalue weighted by atomic mass is 32.2. The second kappa shape index (κ2) is 14.2. The normalized spacial score (nSPS) is 12.4. The molecule has 0 saturated carbocycles. The Bertz CT molecular complexity index is 2880. The Hall–Kier alpha value is -6.88. The molecule has 0 atom stereocenters. The Labute approximate surface area is 324 Å². The van der Waals surface area contributed by atoms with Crippen molar-refractivity contribution >= 4 is 34.7 Å². The van der Waals surface area contributed by atoms with Crippen LogP contribution in [0.2, 0.25) is 0 Å². The van der Waals surface area contributed by atoms with Gasteiger partial charge in [-0.15, -0.1) is 0 Å². The molecule has 10 rings (SSSR count). The van der Waals surface area contributed by atoms with Gasteiger partial charge in [-0.3, -0.25) is 4.98 Å². The number of hydrogen-bond donors (Lipinski definition) is 0. The van der Waals surface area contributed by atoms with Gasteiger partial charge in [0.2, 0.25) is 0 Å². The van der Waals surface area contributed by atoms with E-state index in [-0.39, 0.29) is 0 Å². The van der Waals surface area contributed by atoms with Crippen LogP contribution < -0.4 is 0 Å². The predicted octanol–water partition coefficient (Wildman–Crippen LogP) is 13.7. The van der Waals surface area contributed by atoms with E-state index in [9.17, 15) is 0 Å². The highest BCUT2D eigenvalue weighted by Crippen LogP contribution is 2.47. The van der Waals surface area contributed by atoms with Gasteiger partial charge in [0.1, 0.15) is 0 Å². The number of aromatic nitrogens is 3. The maximum Gasteiger partial charge on any atom is 0.160 e. The monoisotopic (exact) mass is 719 g/mol. The van der Waals surface area contributed by atoms with Gasteiger partial charge in [0, 0.05) is 38.9 Å². The van der Waals surface area contributed by atoms with E-state index in [1.165, 1.54) is 42.8 Å². The van der Waals surface area contributed by atoms with Crippen LogP contribution in [0.5, 0.6) is 0 Å². The summed E-state index contributed by atoms with van der Waals surface area (Å²) < 4.78 is 0. The maximum atomic E-state index is 5.26. The minimum atomic E-state index is 0.680. The molecule has 0 bridgehead atoms. The van der Waals surface area contributed by atoms with E-state index < -0.39 is 0 Å². The third kappa shape index (κ3) is 6.33. The molecule has 3 nitrogen and oxygen atoms in total. The molecular weight excluding hydrogens is 687 g/mol. The van der Waals surface area contributed by atoms with E-state index in [1.807, 2.05) is 30.1 Å². The summed E-state index contributed by atoms with van der Waals surface area (Å²) in [6.07, 6.45) is 8.20. The van der Waals surface area contributed by atoms with Crippen molar-refractivity contribution in [2.24, 2.45) is 0 Å². The van der Waals surface area contributed by atoms with Crippen LogP contribution >= 0.6 is 11.8 Å². The number of rotatable bonds is 4. The van der Waals surface area contributed by atoms with Crippen LogP contribution in [-0.4, -0.2) is 15.0 Å². The molecule has 0 spiro atoms. The third-order valence-electron chi connectivity index (χ3n) is 10.2. The first-order chi connectivity index (χ1) is 27.2. The molecule has 0 fully saturated rings. The molecule has 9 aromatic rings. The zero-order chi connectivity index (χ0) is 36.6. The van der Waals surface area contributed by atoms with Crippen LogP contribution in [0.15, 0.2) is 198 Å². The van der Waals surface area contributed by atoms with E-state index in [0.717, 1.165) is 50.3 Å². The topological polar surface area (TPSA) is 38.7 Å². The van der Waals surface area contributed by atoms with Crippen molar-refractivity contribution in [3.05, 3.63) is 199 Å². The number of pyridine rings is 1. The number of hydrogen-bond acceptors (Lipinski definition) is 4. The fourth-order valence-corrected chi connectivity index (χ4v) is 8.68. The zero-order valence-electron chi connectivity index (χ0n) is 29.8. The summed E-state index contributed by atoms with van der Waals surface area (Å²) in [5.41, 5.74) is 14.0. The Morgan fingerprint density at radius 1 is 0.400 bits per heavy atom. The molecule has 0 aliphatic carbocycles. The first-order valence-corrected chi connectivity index (χ1v) is 19.2. The summed E-state index contributed by atoms with van der Waals surface area (Å²) in [6.45, 7) is 0. The van der Waals surface area contributed by atoms with Crippen molar-refractivity contribution < 1.29 is 0 Å². The highest BCUT2D eigenvalue weighted by Gasteiger charge is 2.19. The molecule has 4 heteroatoms. The van der Waals surface area contributed by atoms with Crippen LogP contribution in [0, 0.1) is 0 Å². The van der Waals surface area contributed by atoms with Crippen molar-refractivity contribution in [1.82, 2.24) is 15.0 Å². The zero-order valence-corrected chi connectivity index (χ0v) is 30.6. The number of nitrogens with zero attached hydrogens (tertiary/aromatic N) is 3. The molecule has 7 aromatic carbocycles. The summed E-state index contributed by atoms with van der Waals surface area (Å²) in [7, 11) is 0. The van der Waals surface area contributed by atoms with E-state index in [0.29, 0.717) is 5.82 Å². The molecule has 0 saturated heterocycles. The fourth-order valence-electron chi connectivity index (χ4n) is 7.44. The second-order valence-electron chi connectivity index (χ2n) is 13.6. The average molecular weight is 720 g/mol. The minimum absolute atomic E-state index is 0.680. The molecule has 55 heavy (non-hydrogen) atoms. The molecule has 2 aromatic heterocycles. The standard InChI is InChI=1S/C51H33N3S/c1-2-13-38(14-3-1)47-32-48(39-25-20-34(21-26-39)41-15-10-30-52-33-41)54-51(53-47)40-27-24-37-23-22-35-11-4-6-16-42(35)44-18-8-9-19-49(44)55-50-43-17-7-5-12-36(43)28-29-45(50)46(37)31-40/h1-33H/b23-22-. The van der Waals surface area contributed by atoms with Crippen LogP contribution in [-0.2, 0) is 0 Å². The van der Waals surface area contributed by atoms with Crippen molar-refractivity contribution in [2.75, 3.05) is 0 Å². The second-order valence-corrected chi connectivity index (χ2v) is 14.7. The molecule has 0 amide bonds. The summed E-state index contributed by atoms with van der Waals surface area (Å²) in [4.78, 5) is 17.2. The summed E-state index contributed by atoms with van der Waals surface area (Å²) >= 11 is 1.84. The van der Waals surface area contributed by atoms with Gasteiger partial charge in [-0.25, -0.2) is 9.97 Å². The molecule has 1 aliphatic heterocycles. The highest BCUT2D eigenvalue weighted by molar-refractivity contribution is 7.99. The summed E-state index contributed by atoms with van der Waals surface area (Å²) in [5.74, 6) is 0.680. The van der Waals surface area contributed by atoms with Crippen LogP contribution in [0.1, 0.15) is 11.1 Å². The van der Waals surface area contributed by atoms with Crippen LogP contribution in [0.3, 0.4) is 0 Å². The number of fused-ring (bicyclic) bond motifs is 8. The van der Waals surface area contributed by atoms with Crippen molar-refractivity contribution in [3.63, 3.8) is 0 Å². The van der Waals surface area contributed by atoms with Gasteiger partial charge >= 0.3 is 0 Å².